The molecule has 0 radical (unpaired) electrons. The number of hydrogen-bond acceptors (Lipinski definition) is 2. The molecule has 0 bridgehead atoms. The second-order valence-electron chi connectivity index (χ2n) is 5.73. The fourth-order valence-electron chi connectivity index (χ4n) is 3.06. The third-order valence-corrected chi connectivity index (χ3v) is 4.26. The molecule has 2 N–H and O–H groups in total. The Balaban J connectivity index is 1.68. The Morgan fingerprint density at radius 3 is 3.05 bits per heavy atom. The van der Waals surface area contributed by atoms with E-state index in [4.69, 9.17) is 0 Å². The smallest absolute Gasteiger partial charge is 0.261 e. The second-order valence-corrected chi connectivity index (χ2v) is 5.73. The molecule has 1 aromatic rings. The lowest BCUT2D eigenvalue weighted by molar-refractivity contribution is 0.0944. The van der Waals surface area contributed by atoms with Gasteiger partial charge in [-0.25, -0.2) is 0 Å². The Morgan fingerprint density at radius 1 is 1.35 bits per heavy atom. The minimum Gasteiger partial charge on any atom is -0.352 e. The number of carbonyl (C=O) groups excluding carboxylic acids is 1. The molecule has 0 aliphatic heterocycles. The predicted octanol–water partition coefficient (Wildman–Crippen LogP) is 1.95. The van der Waals surface area contributed by atoms with Gasteiger partial charge >= 0.3 is 0 Å². The average Bonchev–Trinajstić information content (AvgIpc) is 2.92. The number of aryl methyl sites for hydroxylation is 2. The number of H-pyrrole nitrogens is 1. The molecule has 3 rings (SSSR count). The molecule has 1 atom stereocenters. The Kier molecular flexibility index (Phi) is 3.72. The summed E-state index contributed by atoms with van der Waals surface area (Å²) in [5.41, 5.74) is 2.13. The maximum absolute atomic E-state index is 12.2. The van der Waals surface area contributed by atoms with Gasteiger partial charge in [-0.1, -0.05) is 12.2 Å². The quantitative estimate of drug-likeness (QED) is 0.826. The van der Waals surface area contributed by atoms with Gasteiger partial charge < -0.3 is 10.3 Å². The summed E-state index contributed by atoms with van der Waals surface area (Å²) >= 11 is 0. The number of amides is 1. The highest BCUT2D eigenvalue weighted by Crippen LogP contribution is 2.19. The van der Waals surface area contributed by atoms with Crippen LogP contribution in [0.5, 0.6) is 0 Å². The fraction of sp³-hybridized carbons (Fsp3) is 0.500. The van der Waals surface area contributed by atoms with Gasteiger partial charge in [-0.3, -0.25) is 9.59 Å². The molecule has 0 aromatic carbocycles. The molecule has 1 aromatic heterocycles. The van der Waals surface area contributed by atoms with Crippen molar-refractivity contribution in [3.05, 3.63) is 45.4 Å². The second kappa shape index (κ2) is 5.65. The summed E-state index contributed by atoms with van der Waals surface area (Å²) in [6.45, 7) is 0.652. The predicted molar refractivity (Wildman–Crippen MR) is 77.9 cm³/mol. The van der Waals surface area contributed by atoms with E-state index in [9.17, 15) is 9.59 Å². The molecule has 4 nitrogen and oxygen atoms in total. The third-order valence-electron chi connectivity index (χ3n) is 4.26. The van der Waals surface area contributed by atoms with Crippen molar-refractivity contribution < 1.29 is 4.79 Å². The molecule has 0 spiro atoms. The van der Waals surface area contributed by atoms with Gasteiger partial charge in [0.15, 0.2) is 0 Å². The zero-order valence-corrected chi connectivity index (χ0v) is 11.6. The van der Waals surface area contributed by atoms with Gasteiger partial charge in [0.25, 0.3) is 11.5 Å². The van der Waals surface area contributed by atoms with Crippen LogP contribution in [-0.4, -0.2) is 17.4 Å². The molecule has 2 aliphatic rings. The van der Waals surface area contributed by atoms with Crippen LogP contribution in [0.4, 0.5) is 0 Å². The first kappa shape index (κ1) is 13.2. The monoisotopic (exact) mass is 272 g/mol. The van der Waals surface area contributed by atoms with E-state index in [2.05, 4.69) is 22.5 Å². The van der Waals surface area contributed by atoms with Crippen molar-refractivity contribution in [3.63, 3.8) is 0 Å². The van der Waals surface area contributed by atoms with E-state index < -0.39 is 0 Å². The van der Waals surface area contributed by atoms with E-state index in [1.807, 2.05) is 0 Å². The summed E-state index contributed by atoms with van der Waals surface area (Å²) in [7, 11) is 0. The van der Waals surface area contributed by atoms with Gasteiger partial charge in [0.05, 0.1) is 0 Å². The van der Waals surface area contributed by atoms with Crippen molar-refractivity contribution in [1.82, 2.24) is 10.3 Å². The molecule has 1 heterocycles. The van der Waals surface area contributed by atoms with Crippen molar-refractivity contribution in [2.24, 2.45) is 5.92 Å². The SMILES string of the molecule is O=C(NCC1CC=CCC1)c1cc2c([nH]c1=O)CCC2. The normalized spacial score (nSPS) is 20.7. The number of allylic oxidation sites excluding steroid dienone is 2. The maximum atomic E-state index is 12.2. The van der Waals surface area contributed by atoms with E-state index in [1.54, 1.807) is 6.07 Å². The van der Waals surface area contributed by atoms with Crippen LogP contribution in [0, 0.1) is 5.92 Å². The third kappa shape index (κ3) is 2.69. The number of hydrogen-bond donors (Lipinski definition) is 2. The van der Waals surface area contributed by atoms with Crippen molar-refractivity contribution in [2.75, 3.05) is 6.54 Å². The number of pyridine rings is 1. The summed E-state index contributed by atoms with van der Waals surface area (Å²) < 4.78 is 0. The van der Waals surface area contributed by atoms with Gasteiger partial charge in [0, 0.05) is 12.2 Å². The molecular weight excluding hydrogens is 252 g/mol. The number of aromatic nitrogens is 1. The largest absolute Gasteiger partial charge is 0.352 e. The number of nitrogens with one attached hydrogen (secondary N) is 2. The van der Waals surface area contributed by atoms with Crippen LogP contribution in [0.3, 0.4) is 0 Å². The Labute approximate surface area is 118 Å². The molecule has 0 fully saturated rings. The lowest BCUT2D eigenvalue weighted by Gasteiger charge is -2.18. The minimum atomic E-state index is -0.258. The Bertz CT molecular complexity index is 601. The van der Waals surface area contributed by atoms with Crippen LogP contribution < -0.4 is 10.9 Å². The van der Waals surface area contributed by atoms with E-state index >= 15 is 0 Å². The first-order valence-electron chi connectivity index (χ1n) is 7.42. The summed E-state index contributed by atoms with van der Waals surface area (Å²) in [5, 5.41) is 2.91. The van der Waals surface area contributed by atoms with Crippen LogP contribution >= 0.6 is 0 Å². The number of fused-ring (bicyclic) bond motifs is 1. The molecule has 20 heavy (non-hydrogen) atoms. The molecule has 1 unspecified atom stereocenters. The highest BCUT2D eigenvalue weighted by Gasteiger charge is 2.19. The standard InChI is InChI=1S/C16H20N2O2/c19-15(17-10-11-5-2-1-3-6-11)13-9-12-7-4-8-14(12)18-16(13)20/h1-2,9,11H,3-8,10H2,(H,17,19)(H,18,20). The zero-order valence-electron chi connectivity index (χ0n) is 11.6. The fourth-order valence-corrected chi connectivity index (χ4v) is 3.06. The lowest BCUT2D eigenvalue weighted by atomic mass is 9.94. The van der Waals surface area contributed by atoms with E-state index in [0.717, 1.165) is 49.8 Å². The van der Waals surface area contributed by atoms with E-state index in [0.29, 0.717) is 12.5 Å². The Morgan fingerprint density at radius 2 is 2.25 bits per heavy atom. The van der Waals surface area contributed by atoms with Gasteiger partial charge in [-0.15, -0.1) is 0 Å². The first-order chi connectivity index (χ1) is 9.74. The van der Waals surface area contributed by atoms with Crippen molar-refractivity contribution in [2.45, 2.75) is 38.5 Å². The van der Waals surface area contributed by atoms with E-state index in [1.165, 1.54) is 0 Å². The van der Waals surface area contributed by atoms with Crippen LogP contribution in [0.2, 0.25) is 0 Å². The minimum absolute atomic E-state index is 0.240. The Hall–Kier alpha value is -1.84. The summed E-state index contributed by atoms with van der Waals surface area (Å²) in [4.78, 5) is 27.0. The van der Waals surface area contributed by atoms with Crippen molar-refractivity contribution in [3.8, 4) is 0 Å². The highest BCUT2D eigenvalue weighted by molar-refractivity contribution is 5.94. The van der Waals surface area contributed by atoms with Crippen LogP contribution in [0.1, 0.15) is 47.3 Å². The number of rotatable bonds is 3. The van der Waals surface area contributed by atoms with Crippen LogP contribution in [-0.2, 0) is 12.8 Å². The van der Waals surface area contributed by atoms with Crippen molar-refractivity contribution in [1.29, 1.82) is 0 Å². The number of aromatic amines is 1. The lowest BCUT2D eigenvalue weighted by Crippen LogP contribution is -2.33. The van der Waals surface area contributed by atoms with Gasteiger partial charge in [-0.05, 0) is 56.1 Å². The molecule has 1 amide bonds. The zero-order chi connectivity index (χ0) is 13.9. The van der Waals surface area contributed by atoms with Crippen molar-refractivity contribution >= 4 is 5.91 Å². The van der Waals surface area contributed by atoms with Crippen LogP contribution in [0.15, 0.2) is 23.0 Å². The molecule has 2 aliphatic carbocycles. The van der Waals surface area contributed by atoms with E-state index in [-0.39, 0.29) is 17.0 Å². The highest BCUT2D eigenvalue weighted by atomic mass is 16.2. The maximum Gasteiger partial charge on any atom is 0.261 e. The first-order valence-corrected chi connectivity index (χ1v) is 7.42. The summed E-state index contributed by atoms with van der Waals surface area (Å²) in [6, 6.07) is 1.78. The summed E-state index contributed by atoms with van der Waals surface area (Å²) in [6.07, 6.45) is 10.5. The number of carbonyl (C=O) groups is 1. The van der Waals surface area contributed by atoms with Gasteiger partial charge in [-0.2, -0.15) is 0 Å². The molecule has 4 heteroatoms. The van der Waals surface area contributed by atoms with Crippen LogP contribution in [0.25, 0.3) is 0 Å². The molecule has 0 saturated heterocycles. The van der Waals surface area contributed by atoms with Gasteiger partial charge in [0.1, 0.15) is 5.56 Å². The summed E-state index contributed by atoms with van der Waals surface area (Å²) in [5.74, 6) is 0.257. The molecular formula is C16H20N2O2. The average molecular weight is 272 g/mol. The molecule has 106 valence electrons. The molecule has 0 saturated carbocycles. The topological polar surface area (TPSA) is 62.0 Å². The van der Waals surface area contributed by atoms with Gasteiger partial charge in [0.2, 0.25) is 0 Å².